The summed E-state index contributed by atoms with van der Waals surface area (Å²) in [4.78, 5) is 22.3. The van der Waals surface area contributed by atoms with E-state index in [1.54, 1.807) is 0 Å². The third-order valence-corrected chi connectivity index (χ3v) is 3.75. The molecule has 3 heterocycles. The van der Waals surface area contributed by atoms with Gasteiger partial charge in [-0.05, 0) is 19.8 Å². The molecule has 2 unspecified atom stereocenters. The van der Waals surface area contributed by atoms with Crippen LogP contribution in [-0.4, -0.2) is 35.0 Å². The van der Waals surface area contributed by atoms with Crippen molar-refractivity contribution >= 4 is 17.7 Å². The lowest BCUT2D eigenvalue weighted by Gasteiger charge is -2.36. The summed E-state index contributed by atoms with van der Waals surface area (Å²) in [6, 6.07) is 2.14. The topological polar surface area (TPSA) is 84.1 Å². The summed E-state index contributed by atoms with van der Waals surface area (Å²) in [6.45, 7) is 3.53. The molecule has 6 heteroatoms. The highest BCUT2D eigenvalue weighted by Gasteiger charge is 2.41. The maximum Gasteiger partial charge on any atom is 0.225 e. The molecule has 2 saturated heterocycles. The lowest BCUT2D eigenvalue weighted by Crippen LogP contribution is -2.46. The van der Waals surface area contributed by atoms with E-state index in [-0.39, 0.29) is 17.9 Å². The largest absolute Gasteiger partial charge is 0.368 e. The van der Waals surface area contributed by atoms with Crippen LogP contribution in [0.1, 0.15) is 18.5 Å². The van der Waals surface area contributed by atoms with Crippen molar-refractivity contribution < 1.29 is 4.79 Å². The first-order valence-electron chi connectivity index (χ1n) is 6.30. The normalized spacial score (nSPS) is 26.9. The SMILES string of the molecule is Cc1cc(N2CCCC3C(=O)NCC32)nc(N)n1. The molecule has 96 valence electrons. The fourth-order valence-corrected chi connectivity index (χ4v) is 2.96. The Balaban J connectivity index is 1.93. The second-order valence-corrected chi connectivity index (χ2v) is 4.98. The summed E-state index contributed by atoms with van der Waals surface area (Å²) in [5.74, 6) is 1.40. The van der Waals surface area contributed by atoms with Gasteiger partial charge in [0, 0.05) is 24.8 Å². The van der Waals surface area contributed by atoms with Crippen molar-refractivity contribution in [2.75, 3.05) is 23.7 Å². The third-order valence-electron chi connectivity index (χ3n) is 3.75. The van der Waals surface area contributed by atoms with Gasteiger partial charge in [0.25, 0.3) is 0 Å². The Labute approximate surface area is 106 Å². The number of hydrogen-bond donors (Lipinski definition) is 2. The lowest BCUT2D eigenvalue weighted by atomic mass is 9.91. The number of nitrogens with two attached hydrogens (primary N) is 1. The van der Waals surface area contributed by atoms with Crippen LogP contribution in [0.2, 0.25) is 0 Å². The number of amides is 1. The Morgan fingerprint density at radius 3 is 3.11 bits per heavy atom. The zero-order chi connectivity index (χ0) is 12.7. The number of rotatable bonds is 1. The van der Waals surface area contributed by atoms with Crippen LogP contribution in [0.3, 0.4) is 0 Å². The molecule has 1 aromatic heterocycles. The lowest BCUT2D eigenvalue weighted by molar-refractivity contribution is -0.122. The molecule has 18 heavy (non-hydrogen) atoms. The third kappa shape index (κ3) is 1.77. The van der Waals surface area contributed by atoms with Crippen LogP contribution in [0.4, 0.5) is 11.8 Å². The molecule has 0 aliphatic carbocycles. The van der Waals surface area contributed by atoms with Gasteiger partial charge in [-0.25, -0.2) is 4.98 Å². The van der Waals surface area contributed by atoms with Crippen LogP contribution in [0.15, 0.2) is 6.07 Å². The monoisotopic (exact) mass is 247 g/mol. The molecule has 0 aromatic carbocycles. The second-order valence-electron chi connectivity index (χ2n) is 4.98. The van der Waals surface area contributed by atoms with Gasteiger partial charge in [-0.3, -0.25) is 4.79 Å². The molecule has 2 aliphatic rings. The average molecular weight is 247 g/mol. The molecule has 0 radical (unpaired) electrons. The van der Waals surface area contributed by atoms with Gasteiger partial charge in [0.15, 0.2) is 0 Å². The van der Waals surface area contributed by atoms with Crippen molar-refractivity contribution in [3.05, 3.63) is 11.8 Å². The number of nitrogens with zero attached hydrogens (tertiary/aromatic N) is 3. The van der Waals surface area contributed by atoms with E-state index in [1.807, 2.05) is 13.0 Å². The van der Waals surface area contributed by atoms with E-state index in [1.165, 1.54) is 0 Å². The molecular formula is C12H17N5O. The summed E-state index contributed by atoms with van der Waals surface area (Å²) < 4.78 is 0. The summed E-state index contributed by atoms with van der Waals surface area (Å²) in [7, 11) is 0. The molecule has 0 saturated carbocycles. The highest BCUT2D eigenvalue weighted by atomic mass is 16.2. The smallest absolute Gasteiger partial charge is 0.225 e. The van der Waals surface area contributed by atoms with Crippen LogP contribution in [0.25, 0.3) is 0 Å². The van der Waals surface area contributed by atoms with Crippen LogP contribution in [0.5, 0.6) is 0 Å². The summed E-state index contributed by atoms with van der Waals surface area (Å²) in [5, 5.41) is 2.94. The number of aromatic nitrogens is 2. The maximum absolute atomic E-state index is 11.7. The van der Waals surface area contributed by atoms with Gasteiger partial charge in [-0.2, -0.15) is 4.98 Å². The predicted molar refractivity (Wildman–Crippen MR) is 68.0 cm³/mol. The van der Waals surface area contributed by atoms with Crippen molar-refractivity contribution in [1.82, 2.24) is 15.3 Å². The van der Waals surface area contributed by atoms with E-state index >= 15 is 0 Å². The minimum atomic E-state index is 0.0928. The minimum absolute atomic E-state index is 0.0928. The van der Waals surface area contributed by atoms with Crippen molar-refractivity contribution in [3.63, 3.8) is 0 Å². The Bertz CT molecular complexity index is 469. The number of carbonyl (C=O) groups is 1. The fraction of sp³-hybridized carbons (Fsp3) is 0.583. The van der Waals surface area contributed by atoms with E-state index in [0.717, 1.165) is 30.9 Å². The number of nitrogen functional groups attached to an aromatic ring is 1. The van der Waals surface area contributed by atoms with E-state index in [0.29, 0.717) is 12.5 Å². The number of nitrogens with one attached hydrogen (secondary N) is 1. The summed E-state index contributed by atoms with van der Waals surface area (Å²) in [5.41, 5.74) is 6.56. The van der Waals surface area contributed by atoms with E-state index in [2.05, 4.69) is 20.2 Å². The average Bonchev–Trinajstić information content (AvgIpc) is 2.70. The molecule has 3 rings (SSSR count). The second kappa shape index (κ2) is 4.12. The maximum atomic E-state index is 11.7. The first-order chi connectivity index (χ1) is 8.65. The van der Waals surface area contributed by atoms with Crippen LogP contribution < -0.4 is 16.0 Å². The van der Waals surface area contributed by atoms with E-state index < -0.39 is 0 Å². The Morgan fingerprint density at radius 1 is 1.50 bits per heavy atom. The highest BCUT2D eigenvalue weighted by Crippen LogP contribution is 2.30. The number of anilines is 2. The van der Waals surface area contributed by atoms with Gasteiger partial charge in [0.1, 0.15) is 5.82 Å². The Hall–Kier alpha value is -1.85. The molecule has 6 nitrogen and oxygen atoms in total. The summed E-state index contributed by atoms with van der Waals surface area (Å²) in [6.07, 6.45) is 1.98. The zero-order valence-corrected chi connectivity index (χ0v) is 10.4. The standard InChI is InChI=1S/C12H17N5O/c1-7-5-10(16-12(13)15-7)17-4-2-3-8-9(17)6-14-11(8)18/h5,8-9H,2-4,6H2,1H3,(H,14,18)(H2,13,15,16). The number of piperidine rings is 1. The van der Waals surface area contributed by atoms with E-state index in [9.17, 15) is 4.79 Å². The molecule has 0 spiro atoms. The Kier molecular flexibility index (Phi) is 2.57. The van der Waals surface area contributed by atoms with Gasteiger partial charge in [0.2, 0.25) is 11.9 Å². The fourth-order valence-electron chi connectivity index (χ4n) is 2.96. The van der Waals surface area contributed by atoms with Crippen molar-refractivity contribution in [2.24, 2.45) is 5.92 Å². The number of carbonyl (C=O) groups excluding carboxylic acids is 1. The van der Waals surface area contributed by atoms with Gasteiger partial charge in [-0.1, -0.05) is 0 Å². The zero-order valence-electron chi connectivity index (χ0n) is 10.4. The van der Waals surface area contributed by atoms with Crippen LogP contribution >= 0.6 is 0 Å². The van der Waals surface area contributed by atoms with Crippen LogP contribution in [-0.2, 0) is 4.79 Å². The number of fused-ring (bicyclic) bond motifs is 1. The number of aryl methyl sites for hydroxylation is 1. The summed E-state index contributed by atoms with van der Waals surface area (Å²) >= 11 is 0. The first kappa shape index (κ1) is 11.3. The van der Waals surface area contributed by atoms with Gasteiger partial charge < -0.3 is 16.0 Å². The van der Waals surface area contributed by atoms with Crippen molar-refractivity contribution in [3.8, 4) is 0 Å². The van der Waals surface area contributed by atoms with Crippen LogP contribution in [0, 0.1) is 12.8 Å². The molecule has 2 aliphatic heterocycles. The molecule has 0 bridgehead atoms. The molecule has 1 amide bonds. The molecule has 2 atom stereocenters. The molecule has 1 aromatic rings. The molecular weight excluding hydrogens is 230 g/mol. The molecule has 2 fully saturated rings. The first-order valence-corrected chi connectivity index (χ1v) is 6.30. The van der Waals surface area contributed by atoms with Gasteiger partial charge >= 0.3 is 0 Å². The Morgan fingerprint density at radius 2 is 2.33 bits per heavy atom. The quantitative estimate of drug-likeness (QED) is 0.734. The highest BCUT2D eigenvalue weighted by molar-refractivity contribution is 5.83. The van der Waals surface area contributed by atoms with Crippen molar-refractivity contribution in [1.29, 1.82) is 0 Å². The van der Waals surface area contributed by atoms with Gasteiger partial charge in [-0.15, -0.1) is 0 Å². The minimum Gasteiger partial charge on any atom is -0.368 e. The molecule has 3 N–H and O–H groups in total. The van der Waals surface area contributed by atoms with E-state index in [4.69, 9.17) is 5.73 Å². The van der Waals surface area contributed by atoms with Crippen molar-refractivity contribution in [2.45, 2.75) is 25.8 Å². The van der Waals surface area contributed by atoms with Gasteiger partial charge in [0.05, 0.1) is 12.0 Å². The predicted octanol–water partition coefficient (Wildman–Crippen LogP) is 0.0820. The number of hydrogen-bond acceptors (Lipinski definition) is 5.